The van der Waals surface area contributed by atoms with Crippen LogP contribution in [0.15, 0.2) is 65.3 Å². The molecule has 0 radical (unpaired) electrons. The zero-order valence-corrected chi connectivity index (χ0v) is 15.7. The molecular formula is C21H19N3O5. The summed E-state index contributed by atoms with van der Waals surface area (Å²) in [6.07, 6.45) is 1.51. The van der Waals surface area contributed by atoms with Gasteiger partial charge in [0.05, 0.1) is 30.7 Å². The van der Waals surface area contributed by atoms with Crippen LogP contribution in [0.3, 0.4) is 0 Å². The average molecular weight is 393 g/mol. The van der Waals surface area contributed by atoms with Gasteiger partial charge in [0.25, 0.3) is 11.8 Å². The van der Waals surface area contributed by atoms with E-state index in [2.05, 4.69) is 15.6 Å². The number of hydrogen-bond acceptors (Lipinski definition) is 6. The Labute approximate surface area is 166 Å². The van der Waals surface area contributed by atoms with Gasteiger partial charge in [0.2, 0.25) is 0 Å². The topological polar surface area (TPSA) is 111 Å². The molecule has 0 spiro atoms. The first-order valence-corrected chi connectivity index (χ1v) is 8.93. The third kappa shape index (κ3) is 5.07. The molecular weight excluding hydrogens is 374 g/mol. The minimum Gasteiger partial charge on any atom is -0.467 e. The molecule has 2 N–H and O–H groups in total. The summed E-state index contributed by atoms with van der Waals surface area (Å²) in [6, 6.07) is 14.5. The Hall–Kier alpha value is -3.94. The fourth-order valence-electron chi connectivity index (χ4n) is 2.52. The lowest BCUT2D eigenvalue weighted by Gasteiger charge is -2.10. The highest BCUT2D eigenvalue weighted by atomic mass is 16.5. The number of aromatic nitrogens is 1. The Kier molecular flexibility index (Phi) is 6.36. The van der Waals surface area contributed by atoms with E-state index in [1.807, 2.05) is 0 Å². The van der Waals surface area contributed by atoms with Gasteiger partial charge in [-0.15, -0.1) is 0 Å². The van der Waals surface area contributed by atoms with E-state index in [4.69, 9.17) is 9.15 Å². The molecule has 8 heteroatoms. The molecule has 148 valence electrons. The third-order valence-corrected chi connectivity index (χ3v) is 3.89. The first kappa shape index (κ1) is 19.8. The summed E-state index contributed by atoms with van der Waals surface area (Å²) < 4.78 is 10.2. The Morgan fingerprint density at radius 3 is 2.45 bits per heavy atom. The SMILES string of the molecule is CCOC(=O)c1ccccc1NC(=O)c1cccc(C(=O)NCc2ccco2)n1. The van der Waals surface area contributed by atoms with E-state index in [0.29, 0.717) is 11.4 Å². The summed E-state index contributed by atoms with van der Waals surface area (Å²) in [5, 5.41) is 5.30. The molecule has 0 fully saturated rings. The molecule has 0 atom stereocenters. The molecule has 2 heterocycles. The Morgan fingerprint density at radius 1 is 0.966 bits per heavy atom. The van der Waals surface area contributed by atoms with E-state index in [0.717, 1.165) is 0 Å². The second-order valence-corrected chi connectivity index (χ2v) is 5.89. The maximum Gasteiger partial charge on any atom is 0.340 e. The molecule has 3 aromatic rings. The van der Waals surface area contributed by atoms with Crippen LogP contribution in [0.1, 0.15) is 44.0 Å². The summed E-state index contributed by atoms with van der Waals surface area (Å²) in [5.41, 5.74) is 0.651. The van der Waals surface area contributed by atoms with Crippen molar-refractivity contribution in [2.45, 2.75) is 13.5 Å². The molecule has 0 saturated heterocycles. The van der Waals surface area contributed by atoms with E-state index in [-0.39, 0.29) is 30.1 Å². The van der Waals surface area contributed by atoms with Crippen molar-refractivity contribution in [3.8, 4) is 0 Å². The Morgan fingerprint density at radius 2 is 1.72 bits per heavy atom. The van der Waals surface area contributed by atoms with Gasteiger partial charge in [-0.3, -0.25) is 9.59 Å². The van der Waals surface area contributed by atoms with Crippen LogP contribution in [0.4, 0.5) is 5.69 Å². The fraction of sp³-hybridized carbons (Fsp3) is 0.143. The van der Waals surface area contributed by atoms with Crippen LogP contribution >= 0.6 is 0 Å². The average Bonchev–Trinajstić information content (AvgIpc) is 3.26. The summed E-state index contributed by atoms with van der Waals surface area (Å²) >= 11 is 0. The van der Waals surface area contributed by atoms with Crippen LogP contribution in [0, 0.1) is 0 Å². The molecule has 0 aliphatic carbocycles. The van der Waals surface area contributed by atoms with Crippen LogP contribution in [-0.2, 0) is 11.3 Å². The lowest BCUT2D eigenvalue weighted by molar-refractivity contribution is 0.0527. The highest BCUT2D eigenvalue weighted by Gasteiger charge is 2.17. The summed E-state index contributed by atoms with van der Waals surface area (Å²) in [5.74, 6) is -0.935. The van der Waals surface area contributed by atoms with Gasteiger partial charge in [0.15, 0.2) is 0 Å². The first-order valence-electron chi connectivity index (χ1n) is 8.93. The molecule has 0 saturated carbocycles. The smallest absolute Gasteiger partial charge is 0.340 e. The molecule has 8 nitrogen and oxygen atoms in total. The number of carbonyl (C=O) groups excluding carboxylic acids is 3. The zero-order valence-electron chi connectivity index (χ0n) is 15.7. The van der Waals surface area contributed by atoms with Gasteiger partial charge >= 0.3 is 5.97 Å². The van der Waals surface area contributed by atoms with Crippen LogP contribution in [0.5, 0.6) is 0 Å². The van der Waals surface area contributed by atoms with Crippen molar-refractivity contribution in [3.05, 3.63) is 83.6 Å². The van der Waals surface area contributed by atoms with Gasteiger partial charge in [-0.2, -0.15) is 0 Å². The van der Waals surface area contributed by atoms with Crippen molar-refractivity contribution in [3.63, 3.8) is 0 Å². The van der Waals surface area contributed by atoms with Gasteiger partial charge < -0.3 is 19.8 Å². The lowest BCUT2D eigenvalue weighted by Crippen LogP contribution is -2.25. The number of para-hydroxylation sites is 1. The second kappa shape index (κ2) is 9.32. The van der Waals surface area contributed by atoms with Gasteiger partial charge in [-0.05, 0) is 43.3 Å². The number of nitrogens with zero attached hydrogens (tertiary/aromatic N) is 1. The number of pyridine rings is 1. The number of anilines is 1. The van der Waals surface area contributed by atoms with E-state index < -0.39 is 17.8 Å². The van der Waals surface area contributed by atoms with Crippen LogP contribution < -0.4 is 10.6 Å². The maximum atomic E-state index is 12.6. The number of benzene rings is 1. The van der Waals surface area contributed by atoms with Crippen molar-refractivity contribution in [2.75, 3.05) is 11.9 Å². The number of amides is 2. The molecule has 29 heavy (non-hydrogen) atoms. The fourth-order valence-corrected chi connectivity index (χ4v) is 2.52. The lowest BCUT2D eigenvalue weighted by atomic mass is 10.1. The standard InChI is InChI=1S/C21H19N3O5/c1-2-28-21(27)15-8-3-4-9-16(15)24-20(26)18-11-5-10-17(23-18)19(25)22-13-14-7-6-12-29-14/h3-12H,2,13H2,1H3,(H,22,25)(H,24,26). The molecule has 0 aliphatic heterocycles. The van der Waals surface area contributed by atoms with E-state index in [1.54, 1.807) is 49.4 Å². The zero-order chi connectivity index (χ0) is 20.6. The summed E-state index contributed by atoms with van der Waals surface area (Å²) in [4.78, 5) is 41.0. The maximum absolute atomic E-state index is 12.6. The minimum absolute atomic E-state index is 0.0364. The number of esters is 1. The second-order valence-electron chi connectivity index (χ2n) is 5.89. The van der Waals surface area contributed by atoms with Crippen molar-refractivity contribution in [1.29, 1.82) is 0 Å². The van der Waals surface area contributed by atoms with E-state index in [9.17, 15) is 14.4 Å². The molecule has 0 unspecified atom stereocenters. The van der Waals surface area contributed by atoms with Gasteiger partial charge in [-0.25, -0.2) is 9.78 Å². The number of carbonyl (C=O) groups is 3. The number of ether oxygens (including phenoxy) is 1. The monoisotopic (exact) mass is 393 g/mol. The Balaban J connectivity index is 1.71. The molecule has 3 rings (SSSR count). The van der Waals surface area contributed by atoms with E-state index in [1.165, 1.54) is 18.4 Å². The van der Waals surface area contributed by atoms with E-state index >= 15 is 0 Å². The number of furan rings is 1. The number of nitrogens with one attached hydrogen (secondary N) is 2. The summed E-state index contributed by atoms with van der Waals surface area (Å²) in [7, 11) is 0. The Bertz CT molecular complexity index is 1010. The van der Waals surface area contributed by atoms with Crippen LogP contribution in [0.2, 0.25) is 0 Å². The van der Waals surface area contributed by atoms with Crippen molar-refractivity contribution in [1.82, 2.24) is 10.3 Å². The van der Waals surface area contributed by atoms with Crippen LogP contribution in [0.25, 0.3) is 0 Å². The first-order chi connectivity index (χ1) is 14.1. The molecule has 0 bridgehead atoms. The third-order valence-electron chi connectivity index (χ3n) is 3.89. The number of rotatable bonds is 7. The number of hydrogen-bond donors (Lipinski definition) is 2. The van der Waals surface area contributed by atoms with Crippen molar-refractivity contribution >= 4 is 23.5 Å². The van der Waals surface area contributed by atoms with Crippen molar-refractivity contribution < 1.29 is 23.5 Å². The highest BCUT2D eigenvalue weighted by molar-refractivity contribution is 6.07. The largest absolute Gasteiger partial charge is 0.467 e. The van der Waals surface area contributed by atoms with Crippen LogP contribution in [-0.4, -0.2) is 29.4 Å². The predicted molar refractivity (Wildman–Crippen MR) is 104 cm³/mol. The minimum atomic E-state index is -0.553. The van der Waals surface area contributed by atoms with Gasteiger partial charge in [0.1, 0.15) is 17.1 Å². The quantitative estimate of drug-likeness (QED) is 0.597. The molecule has 2 aromatic heterocycles. The van der Waals surface area contributed by atoms with Gasteiger partial charge in [0, 0.05) is 0 Å². The molecule has 1 aromatic carbocycles. The van der Waals surface area contributed by atoms with Gasteiger partial charge in [-0.1, -0.05) is 18.2 Å². The predicted octanol–water partition coefficient (Wildman–Crippen LogP) is 3.03. The van der Waals surface area contributed by atoms with Crippen molar-refractivity contribution in [2.24, 2.45) is 0 Å². The molecule has 0 aliphatic rings. The normalized spacial score (nSPS) is 10.2. The highest BCUT2D eigenvalue weighted by Crippen LogP contribution is 2.17. The molecule has 2 amide bonds. The summed E-state index contributed by atoms with van der Waals surface area (Å²) in [6.45, 7) is 2.13.